The number of rotatable bonds is 3. The van der Waals surface area contributed by atoms with Crippen LogP contribution in [-0.4, -0.2) is 33.3 Å². The van der Waals surface area contributed by atoms with E-state index in [1.54, 1.807) is 6.07 Å². The second-order valence-electron chi connectivity index (χ2n) is 3.59. The summed E-state index contributed by atoms with van der Waals surface area (Å²) in [6, 6.07) is 1.58. The van der Waals surface area contributed by atoms with Crippen molar-refractivity contribution in [2.24, 2.45) is 0 Å². The first-order valence-electron chi connectivity index (χ1n) is 5.17. The maximum absolute atomic E-state index is 11.7. The predicted molar refractivity (Wildman–Crippen MR) is 60.0 cm³/mol. The van der Waals surface area contributed by atoms with Crippen LogP contribution in [0, 0.1) is 0 Å². The fourth-order valence-electron chi connectivity index (χ4n) is 1.90. The number of carbonyl (C=O) groups excluding carboxylic acids is 2. The van der Waals surface area contributed by atoms with Gasteiger partial charge in [-0.15, -0.1) is 0 Å². The Hall–Kier alpha value is -2.24. The molecule has 18 heavy (non-hydrogen) atoms. The highest BCUT2D eigenvalue weighted by molar-refractivity contribution is 6.04. The smallest absolute Gasteiger partial charge is 0.345 e. The number of carbonyl (C=O) groups is 2. The summed E-state index contributed by atoms with van der Waals surface area (Å²) in [4.78, 5) is 23.4. The molecule has 0 saturated carbocycles. The minimum Gasteiger partial charge on any atom is -0.496 e. The highest BCUT2D eigenvalue weighted by Gasteiger charge is 2.33. The number of hydrogen-bond acceptors (Lipinski definition) is 6. The van der Waals surface area contributed by atoms with E-state index < -0.39 is 11.9 Å². The van der Waals surface area contributed by atoms with Crippen molar-refractivity contribution in [1.29, 1.82) is 0 Å². The quantitative estimate of drug-likeness (QED) is 0.752. The first-order chi connectivity index (χ1) is 8.63. The van der Waals surface area contributed by atoms with Crippen LogP contribution in [0.5, 0.6) is 11.5 Å². The largest absolute Gasteiger partial charge is 0.496 e. The molecule has 0 unspecified atom stereocenters. The maximum atomic E-state index is 11.7. The Kier molecular flexibility index (Phi) is 3.10. The lowest BCUT2D eigenvalue weighted by Gasteiger charge is -2.13. The Morgan fingerprint density at radius 2 is 2.00 bits per heavy atom. The van der Waals surface area contributed by atoms with E-state index in [4.69, 9.17) is 14.2 Å². The summed E-state index contributed by atoms with van der Waals surface area (Å²) < 4.78 is 19.8. The SMILES string of the molecule is COC(=O)c1c(OC)cc2c(c1OC)C(=O)OC2. The molecule has 0 saturated heterocycles. The third-order valence-electron chi connectivity index (χ3n) is 2.70. The van der Waals surface area contributed by atoms with Crippen molar-refractivity contribution in [1.82, 2.24) is 0 Å². The first kappa shape index (κ1) is 12.2. The first-order valence-corrected chi connectivity index (χ1v) is 5.17. The molecular formula is C12H12O6. The molecule has 2 rings (SSSR count). The number of fused-ring (bicyclic) bond motifs is 1. The zero-order chi connectivity index (χ0) is 13.3. The van der Waals surface area contributed by atoms with Crippen molar-refractivity contribution in [2.45, 2.75) is 6.61 Å². The van der Waals surface area contributed by atoms with E-state index in [0.29, 0.717) is 5.56 Å². The topological polar surface area (TPSA) is 71.1 Å². The van der Waals surface area contributed by atoms with E-state index >= 15 is 0 Å². The predicted octanol–water partition coefficient (Wildman–Crippen LogP) is 1.16. The third kappa shape index (κ3) is 1.66. The fraction of sp³-hybridized carbons (Fsp3) is 0.333. The van der Waals surface area contributed by atoms with E-state index in [1.165, 1.54) is 21.3 Å². The van der Waals surface area contributed by atoms with Crippen LogP contribution in [0.1, 0.15) is 26.3 Å². The highest BCUT2D eigenvalue weighted by Crippen LogP contribution is 2.39. The van der Waals surface area contributed by atoms with Gasteiger partial charge in [0, 0.05) is 5.56 Å². The van der Waals surface area contributed by atoms with Gasteiger partial charge in [-0.05, 0) is 6.07 Å². The molecule has 96 valence electrons. The van der Waals surface area contributed by atoms with Gasteiger partial charge in [0.15, 0.2) is 5.75 Å². The van der Waals surface area contributed by atoms with E-state index in [2.05, 4.69) is 4.74 Å². The number of esters is 2. The summed E-state index contributed by atoms with van der Waals surface area (Å²) in [6.45, 7) is 0.141. The van der Waals surface area contributed by atoms with E-state index in [0.717, 1.165) is 0 Å². The van der Waals surface area contributed by atoms with Gasteiger partial charge in [-0.1, -0.05) is 0 Å². The van der Waals surface area contributed by atoms with Gasteiger partial charge in [-0.25, -0.2) is 9.59 Å². The Balaban J connectivity index is 2.74. The molecule has 6 nitrogen and oxygen atoms in total. The fourth-order valence-corrected chi connectivity index (χ4v) is 1.90. The zero-order valence-corrected chi connectivity index (χ0v) is 10.2. The van der Waals surface area contributed by atoms with Crippen molar-refractivity contribution in [3.8, 4) is 11.5 Å². The summed E-state index contributed by atoms with van der Waals surface area (Å²) in [6.07, 6.45) is 0. The van der Waals surface area contributed by atoms with Crippen LogP contribution in [0.25, 0.3) is 0 Å². The molecule has 1 aromatic rings. The molecule has 0 atom stereocenters. The minimum atomic E-state index is -0.633. The van der Waals surface area contributed by atoms with Crippen molar-refractivity contribution in [2.75, 3.05) is 21.3 Å². The molecule has 0 amide bonds. The lowest BCUT2D eigenvalue weighted by Crippen LogP contribution is -2.10. The van der Waals surface area contributed by atoms with Crippen molar-refractivity contribution >= 4 is 11.9 Å². The van der Waals surface area contributed by atoms with Crippen LogP contribution < -0.4 is 9.47 Å². The number of cyclic esters (lactones) is 1. The van der Waals surface area contributed by atoms with Crippen LogP contribution in [0.15, 0.2) is 6.07 Å². The van der Waals surface area contributed by atoms with Gasteiger partial charge < -0.3 is 18.9 Å². The summed E-state index contributed by atoms with van der Waals surface area (Å²) in [7, 11) is 4.03. The number of hydrogen-bond donors (Lipinski definition) is 0. The zero-order valence-electron chi connectivity index (χ0n) is 10.2. The minimum absolute atomic E-state index is 0.0834. The van der Waals surface area contributed by atoms with E-state index in [9.17, 15) is 9.59 Å². The van der Waals surface area contributed by atoms with Crippen molar-refractivity contribution < 1.29 is 28.5 Å². The Labute approximate surface area is 103 Å². The number of ether oxygens (including phenoxy) is 4. The standard InChI is InChI=1S/C12H12O6/c1-15-7-4-6-5-18-12(14)8(6)10(16-2)9(7)11(13)17-3/h4H,5H2,1-3H3. The lowest BCUT2D eigenvalue weighted by molar-refractivity contribution is 0.0533. The third-order valence-corrected chi connectivity index (χ3v) is 2.70. The number of benzene rings is 1. The Morgan fingerprint density at radius 3 is 2.56 bits per heavy atom. The molecule has 1 aliphatic rings. The maximum Gasteiger partial charge on any atom is 0.345 e. The normalized spacial score (nSPS) is 12.7. The molecule has 0 bridgehead atoms. The number of methoxy groups -OCH3 is 3. The molecule has 0 spiro atoms. The molecule has 6 heteroatoms. The van der Waals surface area contributed by atoms with E-state index in [1.807, 2.05) is 0 Å². The van der Waals surface area contributed by atoms with Gasteiger partial charge in [0.05, 0.1) is 21.3 Å². The van der Waals surface area contributed by atoms with E-state index in [-0.39, 0.29) is 29.2 Å². The summed E-state index contributed by atoms with van der Waals surface area (Å²) in [5.41, 5.74) is 0.958. The van der Waals surface area contributed by atoms with Crippen LogP contribution in [0.4, 0.5) is 0 Å². The van der Waals surface area contributed by atoms with Gasteiger partial charge in [-0.2, -0.15) is 0 Å². The molecule has 0 fully saturated rings. The molecule has 1 heterocycles. The molecule has 0 aliphatic carbocycles. The summed E-state index contributed by atoms with van der Waals surface area (Å²) in [5.74, 6) is -0.740. The van der Waals surface area contributed by atoms with Crippen molar-refractivity contribution in [3.05, 3.63) is 22.8 Å². The Morgan fingerprint density at radius 1 is 1.28 bits per heavy atom. The van der Waals surface area contributed by atoms with Crippen LogP contribution in [-0.2, 0) is 16.1 Å². The molecule has 0 radical (unpaired) electrons. The summed E-state index contributed by atoms with van der Waals surface area (Å²) in [5, 5.41) is 0. The molecule has 1 aliphatic heterocycles. The lowest BCUT2D eigenvalue weighted by atomic mass is 10.0. The van der Waals surface area contributed by atoms with Gasteiger partial charge in [0.25, 0.3) is 0 Å². The average molecular weight is 252 g/mol. The van der Waals surface area contributed by atoms with Gasteiger partial charge in [-0.3, -0.25) is 0 Å². The second-order valence-corrected chi connectivity index (χ2v) is 3.59. The molecule has 1 aromatic carbocycles. The molecule has 0 N–H and O–H groups in total. The van der Waals surface area contributed by atoms with Gasteiger partial charge >= 0.3 is 11.9 Å². The van der Waals surface area contributed by atoms with Crippen LogP contribution in [0.3, 0.4) is 0 Å². The highest BCUT2D eigenvalue weighted by atomic mass is 16.5. The van der Waals surface area contributed by atoms with Gasteiger partial charge in [0.2, 0.25) is 0 Å². The van der Waals surface area contributed by atoms with Crippen LogP contribution in [0.2, 0.25) is 0 Å². The van der Waals surface area contributed by atoms with Crippen molar-refractivity contribution in [3.63, 3.8) is 0 Å². The second kappa shape index (κ2) is 4.56. The molecular weight excluding hydrogens is 240 g/mol. The Bertz CT molecular complexity index is 520. The monoisotopic (exact) mass is 252 g/mol. The van der Waals surface area contributed by atoms with Gasteiger partial charge in [0.1, 0.15) is 23.5 Å². The average Bonchev–Trinajstić information content (AvgIpc) is 2.77. The summed E-state index contributed by atoms with van der Waals surface area (Å²) >= 11 is 0. The van der Waals surface area contributed by atoms with Crippen LogP contribution >= 0.6 is 0 Å². The molecule has 0 aromatic heterocycles.